The lowest BCUT2D eigenvalue weighted by Gasteiger charge is -2.17. The number of hydrogen-bond acceptors (Lipinski definition) is 7. The van der Waals surface area contributed by atoms with Gasteiger partial charge < -0.3 is 25.0 Å². The average molecular weight is 525 g/mol. The molecule has 4 N–H and O–H groups in total. The van der Waals surface area contributed by atoms with Crippen LogP contribution in [0.5, 0.6) is 11.5 Å². The quantitative estimate of drug-likeness (QED) is 0.338. The van der Waals surface area contributed by atoms with Crippen LogP contribution in [0.1, 0.15) is 24.0 Å². The molecule has 1 atom stereocenters. The van der Waals surface area contributed by atoms with Crippen LogP contribution in [0.25, 0.3) is 11.1 Å². The highest BCUT2D eigenvalue weighted by Crippen LogP contribution is 2.51. The van der Waals surface area contributed by atoms with E-state index in [1.54, 1.807) is 12.1 Å². The van der Waals surface area contributed by atoms with Gasteiger partial charge in [0.2, 0.25) is 22.7 Å². The number of ether oxygens (including phenoxy) is 2. The van der Waals surface area contributed by atoms with Crippen LogP contribution in [-0.2, 0) is 20.2 Å². The second kappa shape index (κ2) is 9.79. The van der Waals surface area contributed by atoms with Crippen LogP contribution in [0.4, 0.5) is 5.69 Å². The van der Waals surface area contributed by atoms with Crippen LogP contribution >= 0.6 is 0 Å². The summed E-state index contributed by atoms with van der Waals surface area (Å²) in [6.45, 7) is 1.30. The van der Waals surface area contributed by atoms with Crippen molar-refractivity contribution in [1.29, 1.82) is 0 Å². The van der Waals surface area contributed by atoms with E-state index in [1.807, 2.05) is 43.3 Å². The Morgan fingerprint density at radius 1 is 1.03 bits per heavy atom. The van der Waals surface area contributed by atoms with E-state index in [1.165, 1.54) is 12.1 Å². The lowest BCUT2D eigenvalue weighted by molar-refractivity contribution is -0.118. The summed E-state index contributed by atoms with van der Waals surface area (Å²) in [6, 6.07) is 17.6. The second-order valence-electron chi connectivity index (χ2n) is 9.35. The third-order valence-electron chi connectivity index (χ3n) is 6.80. The molecule has 0 aromatic heterocycles. The fourth-order valence-electron chi connectivity index (χ4n) is 4.39. The van der Waals surface area contributed by atoms with Crippen LogP contribution < -0.4 is 19.5 Å². The number of carbonyl (C=O) groups excluding carboxylic acids is 1. The maximum atomic E-state index is 13.3. The van der Waals surface area contributed by atoms with Gasteiger partial charge in [-0.3, -0.25) is 4.79 Å². The third-order valence-corrected chi connectivity index (χ3v) is 8.24. The van der Waals surface area contributed by atoms with Gasteiger partial charge in [-0.25, -0.2) is 13.1 Å². The van der Waals surface area contributed by atoms with Crippen LogP contribution in [0.2, 0.25) is 0 Å². The molecule has 0 bridgehead atoms. The van der Waals surface area contributed by atoms with E-state index in [2.05, 4.69) is 10.0 Å². The first-order chi connectivity index (χ1) is 17.7. The fraction of sp³-hybridized carbons (Fsp3) is 0.296. The van der Waals surface area contributed by atoms with Crippen molar-refractivity contribution >= 4 is 21.6 Å². The molecule has 194 valence electrons. The molecule has 1 fully saturated rings. The van der Waals surface area contributed by atoms with Crippen molar-refractivity contribution in [3.63, 3.8) is 0 Å². The Morgan fingerprint density at radius 3 is 2.46 bits per heavy atom. The average Bonchev–Trinajstić information content (AvgIpc) is 3.59. The molecule has 1 heterocycles. The molecule has 1 saturated carbocycles. The highest BCUT2D eigenvalue weighted by atomic mass is 32.2. The monoisotopic (exact) mass is 524 g/mol. The largest absolute Gasteiger partial charge is 0.454 e. The molecule has 1 aliphatic carbocycles. The summed E-state index contributed by atoms with van der Waals surface area (Å²) >= 11 is 0. The Kier molecular flexibility index (Phi) is 6.67. The molecule has 0 saturated heterocycles. The predicted octanol–water partition coefficient (Wildman–Crippen LogP) is 2.69. The number of nitrogens with one attached hydrogen (secondary N) is 2. The van der Waals surface area contributed by atoms with Gasteiger partial charge in [-0.15, -0.1) is 0 Å². The zero-order valence-electron chi connectivity index (χ0n) is 20.2. The highest BCUT2D eigenvalue weighted by molar-refractivity contribution is 7.89. The lowest BCUT2D eigenvalue weighted by atomic mass is 9.94. The van der Waals surface area contributed by atoms with E-state index in [4.69, 9.17) is 14.6 Å². The number of rotatable bonds is 9. The molecular weight excluding hydrogens is 496 g/mol. The van der Waals surface area contributed by atoms with Gasteiger partial charge >= 0.3 is 0 Å². The standard InChI is InChI=1S/C27H28N2O7S/c1-17-2-6-20(29-26(32)27(10-11-27)19-5-9-24-25(12-19)36-16-35-24)13-23(17)18-3-7-22(8-4-18)37(33,34)28-14-21(31)15-30/h2-9,12-13,21,28,30-31H,10-11,14-16H2,1H3,(H,29,32)/t21-/m1/s1. The van der Waals surface area contributed by atoms with Crippen LogP contribution in [-0.4, -0.2) is 50.6 Å². The number of fused-ring (bicyclic) bond motifs is 1. The number of hydrogen-bond donors (Lipinski definition) is 4. The van der Waals surface area contributed by atoms with Crippen molar-refractivity contribution in [2.24, 2.45) is 0 Å². The second-order valence-corrected chi connectivity index (χ2v) is 11.1. The molecule has 2 aliphatic rings. The Balaban J connectivity index is 1.33. The first-order valence-electron chi connectivity index (χ1n) is 11.9. The van der Waals surface area contributed by atoms with E-state index in [-0.39, 0.29) is 24.1 Å². The van der Waals surface area contributed by atoms with Gasteiger partial charge in [0.1, 0.15) is 0 Å². The molecule has 3 aromatic rings. The summed E-state index contributed by atoms with van der Waals surface area (Å²) in [5, 5.41) is 21.4. The van der Waals surface area contributed by atoms with Gasteiger partial charge in [-0.05, 0) is 78.4 Å². The van der Waals surface area contributed by atoms with E-state index < -0.39 is 28.1 Å². The molecule has 0 radical (unpaired) electrons. The van der Waals surface area contributed by atoms with Crippen molar-refractivity contribution < 1.29 is 32.9 Å². The number of carbonyl (C=O) groups is 1. The Hall–Kier alpha value is -3.44. The number of aliphatic hydroxyl groups is 2. The predicted molar refractivity (Wildman–Crippen MR) is 137 cm³/mol. The topological polar surface area (TPSA) is 134 Å². The van der Waals surface area contributed by atoms with Crippen molar-refractivity contribution in [2.45, 2.75) is 36.2 Å². The maximum absolute atomic E-state index is 13.3. The molecule has 37 heavy (non-hydrogen) atoms. The van der Waals surface area contributed by atoms with Gasteiger partial charge in [-0.1, -0.05) is 24.3 Å². The normalized spacial score (nSPS) is 16.3. The molecule has 9 nitrogen and oxygen atoms in total. The number of anilines is 1. The van der Waals surface area contributed by atoms with Crippen molar-refractivity contribution in [2.75, 3.05) is 25.3 Å². The van der Waals surface area contributed by atoms with Gasteiger partial charge in [0.05, 0.1) is 23.0 Å². The van der Waals surface area contributed by atoms with Gasteiger partial charge in [0.25, 0.3) is 0 Å². The Morgan fingerprint density at radius 2 is 1.76 bits per heavy atom. The van der Waals surface area contributed by atoms with Crippen LogP contribution in [0.15, 0.2) is 65.6 Å². The molecule has 1 aliphatic heterocycles. The molecule has 0 unspecified atom stereocenters. The molecule has 1 amide bonds. The van der Waals surface area contributed by atoms with Gasteiger partial charge in [0, 0.05) is 12.2 Å². The maximum Gasteiger partial charge on any atom is 0.240 e. The fourth-order valence-corrected chi connectivity index (χ4v) is 5.47. The first kappa shape index (κ1) is 25.2. The van der Waals surface area contributed by atoms with E-state index in [0.29, 0.717) is 17.2 Å². The zero-order valence-corrected chi connectivity index (χ0v) is 21.0. The molecule has 3 aromatic carbocycles. The van der Waals surface area contributed by atoms with E-state index >= 15 is 0 Å². The number of aryl methyl sites for hydroxylation is 1. The number of aliphatic hydroxyl groups excluding tert-OH is 2. The highest BCUT2D eigenvalue weighted by Gasteiger charge is 2.51. The number of sulfonamides is 1. The summed E-state index contributed by atoms with van der Waals surface area (Å²) in [7, 11) is -3.83. The Bertz CT molecular complexity index is 1430. The number of amides is 1. The van der Waals surface area contributed by atoms with Crippen molar-refractivity contribution in [3.05, 3.63) is 71.8 Å². The van der Waals surface area contributed by atoms with Crippen LogP contribution in [0, 0.1) is 6.92 Å². The SMILES string of the molecule is Cc1ccc(NC(=O)C2(c3ccc4c(c3)OCO4)CC2)cc1-c1ccc(S(=O)(=O)NC[C@@H](O)CO)cc1. The van der Waals surface area contributed by atoms with E-state index in [9.17, 15) is 18.3 Å². The molecule has 5 rings (SSSR count). The zero-order chi connectivity index (χ0) is 26.2. The van der Waals surface area contributed by atoms with Crippen molar-refractivity contribution in [3.8, 4) is 22.6 Å². The van der Waals surface area contributed by atoms with Gasteiger partial charge in [-0.2, -0.15) is 0 Å². The molecular formula is C27H28N2O7S. The number of benzene rings is 3. The summed E-state index contributed by atoms with van der Waals surface area (Å²) in [4.78, 5) is 13.4. The first-order valence-corrected chi connectivity index (χ1v) is 13.4. The van der Waals surface area contributed by atoms with Gasteiger partial charge in [0.15, 0.2) is 11.5 Å². The van der Waals surface area contributed by atoms with E-state index in [0.717, 1.165) is 35.1 Å². The van der Waals surface area contributed by atoms with Crippen LogP contribution in [0.3, 0.4) is 0 Å². The van der Waals surface area contributed by atoms with Crippen molar-refractivity contribution in [1.82, 2.24) is 4.72 Å². The summed E-state index contributed by atoms with van der Waals surface area (Å²) in [5.41, 5.74) is 3.57. The summed E-state index contributed by atoms with van der Waals surface area (Å²) < 4.78 is 38.0. The minimum atomic E-state index is -3.83. The third kappa shape index (κ3) is 5.05. The molecule has 0 spiro atoms. The minimum absolute atomic E-state index is 0.0444. The Labute approximate surface area is 215 Å². The lowest BCUT2D eigenvalue weighted by Crippen LogP contribution is -2.33. The summed E-state index contributed by atoms with van der Waals surface area (Å²) in [6.07, 6.45) is 0.321. The summed E-state index contributed by atoms with van der Waals surface area (Å²) in [5.74, 6) is 1.25. The molecule has 10 heteroatoms. The smallest absolute Gasteiger partial charge is 0.240 e. The minimum Gasteiger partial charge on any atom is -0.454 e.